The van der Waals surface area contributed by atoms with Gasteiger partial charge in [-0.3, -0.25) is 0 Å². The lowest BCUT2D eigenvalue weighted by atomic mass is 10.1. The maximum atomic E-state index is 13.4. The summed E-state index contributed by atoms with van der Waals surface area (Å²) < 4.78 is 36.9. The van der Waals surface area contributed by atoms with Crippen LogP contribution in [0, 0.1) is 11.6 Å². The molecule has 0 amide bonds. The number of rotatable bonds is 4. The van der Waals surface area contributed by atoms with Crippen LogP contribution < -0.4 is 0 Å². The van der Waals surface area contributed by atoms with Crippen molar-refractivity contribution in [1.29, 1.82) is 0 Å². The van der Waals surface area contributed by atoms with Gasteiger partial charge in [-0.2, -0.15) is 0 Å². The fourth-order valence-corrected chi connectivity index (χ4v) is 1.72. The molecule has 1 aliphatic carbocycles. The number of hydrogen-bond acceptors (Lipinski definition) is 2. The van der Waals surface area contributed by atoms with Gasteiger partial charge in [0, 0.05) is 18.1 Å². The normalized spacial score (nSPS) is 14.8. The molecule has 0 unspecified atom stereocenters. The predicted molar refractivity (Wildman–Crippen MR) is 63.6 cm³/mol. The van der Waals surface area contributed by atoms with Crippen LogP contribution in [-0.2, 0) is 16.1 Å². The van der Waals surface area contributed by atoms with E-state index in [0.717, 1.165) is 36.8 Å². The summed E-state index contributed by atoms with van der Waals surface area (Å²) in [5, 5.41) is 0. The smallest absolute Gasteiger partial charge is 0.130 e. The van der Waals surface area contributed by atoms with E-state index < -0.39 is 11.6 Å². The molecule has 0 saturated heterocycles. The molecule has 0 atom stereocenters. The summed E-state index contributed by atoms with van der Waals surface area (Å²) in [7, 11) is 1.60. The molecule has 0 aliphatic heterocycles. The van der Waals surface area contributed by atoms with Gasteiger partial charge in [-0.1, -0.05) is 0 Å². The molecule has 0 fully saturated rings. The summed E-state index contributed by atoms with van der Waals surface area (Å²) in [6, 6.07) is 3.32. The topological polar surface area (TPSA) is 18.5 Å². The Balaban J connectivity index is 2.01. The average molecular weight is 252 g/mol. The molecule has 1 aliphatic rings. The molecule has 0 saturated carbocycles. The first-order valence-electron chi connectivity index (χ1n) is 5.70. The second-order valence-electron chi connectivity index (χ2n) is 3.98. The van der Waals surface area contributed by atoms with Crippen molar-refractivity contribution in [3.05, 3.63) is 59.1 Å². The molecule has 0 heterocycles. The van der Waals surface area contributed by atoms with Gasteiger partial charge in [0.2, 0.25) is 0 Å². The number of hydrogen-bond donors (Lipinski definition) is 0. The minimum atomic E-state index is -0.472. The fourth-order valence-electron chi connectivity index (χ4n) is 1.72. The summed E-state index contributed by atoms with van der Waals surface area (Å²) in [6.07, 6.45) is 5.32. The lowest BCUT2D eigenvalue weighted by Gasteiger charge is -2.14. The molecule has 0 bridgehead atoms. The van der Waals surface area contributed by atoms with Gasteiger partial charge in [0.05, 0.1) is 12.9 Å². The van der Waals surface area contributed by atoms with Crippen molar-refractivity contribution in [2.45, 2.75) is 19.4 Å². The van der Waals surface area contributed by atoms with E-state index in [1.54, 1.807) is 13.2 Å². The number of benzene rings is 1. The largest absolute Gasteiger partial charge is 0.501 e. The number of methoxy groups -OCH3 is 1. The molecule has 0 N–H and O–H groups in total. The molecule has 4 heteroatoms. The summed E-state index contributed by atoms with van der Waals surface area (Å²) >= 11 is 0. The first-order valence-corrected chi connectivity index (χ1v) is 5.70. The molecular formula is C14H14F2O2. The van der Waals surface area contributed by atoms with Crippen molar-refractivity contribution in [2.75, 3.05) is 7.11 Å². The van der Waals surface area contributed by atoms with E-state index >= 15 is 0 Å². The Labute approximate surface area is 105 Å². The van der Waals surface area contributed by atoms with E-state index in [2.05, 4.69) is 0 Å². The summed E-state index contributed by atoms with van der Waals surface area (Å²) in [4.78, 5) is 0. The van der Waals surface area contributed by atoms with Crippen molar-refractivity contribution in [3.8, 4) is 0 Å². The third-order valence-electron chi connectivity index (χ3n) is 2.70. The van der Waals surface area contributed by atoms with E-state index in [0.29, 0.717) is 5.76 Å². The molecule has 0 radical (unpaired) electrons. The molecule has 0 aromatic heterocycles. The highest BCUT2D eigenvalue weighted by Gasteiger charge is 2.09. The minimum Gasteiger partial charge on any atom is -0.501 e. The Morgan fingerprint density at radius 3 is 2.89 bits per heavy atom. The Morgan fingerprint density at radius 2 is 2.11 bits per heavy atom. The van der Waals surface area contributed by atoms with Crippen LogP contribution in [0.3, 0.4) is 0 Å². The van der Waals surface area contributed by atoms with Crippen LogP contribution in [0.1, 0.15) is 18.4 Å². The zero-order valence-corrected chi connectivity index (χ0v) is 10.1. The molecule has 2 rings (SSSR count). The van der Waals surface area contributed by atoms with Gasteiger partial charge in [0.25, 0.3) is 0 Å². The minimum absolute atomic E-state index is 0.00290. The predicted octanol–water partition coefficient (Wildman–Crippen LogP) is 3.69. The van der Waals surface area contributed by atoms with Crippen LogP contribution in [-0.4, -0.2) is 7.11 Å². The Hall–Kier alpha value is -1.84. The average Bonchev–Trinajstić information content (AvgIpc) is 2.40. The highest BCUT2D eigenvalue weighted by molar-refractivity contribution is 5.22. The van der Waals surface area contributed by atoms with Crippen LogP contribution in [0.15, 0.2) is 41.9 Å². The van der Waals surface area contributed by atoms with Gasteiger partial charge >= 0.3 is 0 Å². The third-order valence-corrected chi connectivity index (χ3v) is 2.70. The standard InChI is InChI=1S/C14H14F2O2/c1-17-12-3-2-4-13(8-12)18-9-10-7-11(15)5-6-14(10)16/h4-8H,2-3,9H2,1H3. The van der Waals surface area contributed by atoms with Crippen LogP contribution in [0.4, 0.5) is 8.78 Å². The monoisotopic (exact) mass is 252 g/mol. The number of halogens is 2. The summed E-state index contributed by atoms with van der Waals surface area (Å²) in [6.45, 7) is 0.00290. The molecule has 2 nitrogen and oxygen atoms in total. The van der Waals surface area contributed by atoms with Crippen molar-refractivity contribution < 1.29 is 18.3 Å². The van der Waals surface area contributed by atoms with Crippen molar-refractivity contribution in [2.24, 2.45) is 0 Å². The maximum absolute atomic E-state index is 13.4. The van der Waals surface area contributed by atoms with Crippen LogP contribution >= 0.6 is 0 Å². The Kier molecular flexibility index (Phi) is 3.97. The second kappa shape index (κ2) is 5.67. The van der Waals surface area contributed by atoms with Crippen molar-refractivity contribution in [3.63, 3.8) is 0 Å². The number of ether oxygens (including phenoxy) is 2. The number of allylic oxidation sites excluding steroid dienone is 3. The van der Waals surface area contributed by atoms with Crippen LogP contribution in [0.5, 0.6) is 0 Å². The Morgan fingerprint density at radius 1 is 1.28 bits per heavy atom. The van der Waals surface area contributed by atoms with Gasteiger partial charge in [-0.05, 0) is 30.7 Å². The lowest BCUT2D eigenvalue weighted by Crippen LogP contribution is -2.00. The first-order chi connectivity index (χ1) is 8.69. The van der Waals surface area contributed by atoms with Crippen molar-refractivity contribution >= 4 is 0 Å². The van der Waals surface area contributed by atoms with E-state index in [9.17, 15) is 8.78 Å². The zero-order valence-electron chi connectivity index (χ0n) is 10.1. The lowest BCUT2D eigenvalue weighted by molar-refractivity contribution is 0.196. The molecule has 0 spiro atoms. The molecule has 18 heavy (non-hydrogen) atoms. The van der Waals surface area contributed by atoms with Crippen molar-refractivity contribution in [1.82, 2.24) is 0 Å². The first kappa shape index (κ1) is 12.6. The van der Waals surface area contributed by atoms with E-state index in [4.69, 9.17) is 9.47 Å². The summed E-state index contributed by atoms with van der Waals surface area (Å²) in [5.41, 5.74) is 0.203. The Bertz CT molecular complexity index is 493. The van der Waals surface area contributed by atoms with Gasteiger partial charge < -0.3 is 9.47 Å². The highest BCUT2D eigenvalue weighted by atomic mass is 19.1. The quantitative estimate of drug-likeness (QED) is 0.813. The highest BCUT2D eigenvalue weighted by Crippen LogP contribution is 2.20. The van der Waals surface area contributed by atoms with Crippen LogP contribution in [0.2, 0.25) is 0 Å². The van der Waals surface area contributed by atoms with Gasteiger partial charge in [0.1, 0.15) is 24.0 Å². The van der Waals surface area contributed by atoms with Gasteiger partial charge in [-0.15, -0.1) is 0 Å². The SMILES string of the molecule is COC1=CC(OCc2cc(F)ccc2F)=CCC1. The van der Waals surface area contributed by atoms with E-state index in [1.807, 2.05) is 6.08 Å². The van der Waals surface area contributed by atoms with Gasteiger partial charge in [0.15, 0.2) is 0 Å². The second-order valence-corrected chi connectivity index (χ2v) is 3.98. The molecule has 1 aromatic carbocycles. The fraction of sp³-hybridized carbons (Fsp3) is 0.286. The van der Waals surface area contributed by atoms with E-state index in [1.165, 1.54) is 0 Å². The van der Waals surface area contributed by atoms with Gasteiger partial charge in [-0.25, -0.2) is 8.78 Å². The molecule has 1 aromatic rings. The third kappa shape index (κ3) is 3.09. The molecular weight excluding hydrogens is 238 g/mol. The molecule has 96 valence electrons. The van der Waals surface area contributed by atoms with Crippen LogP contribution in [0.25, 0.3) is 0 Å². The zero-order chi connectivity index (χ0) is 13.0. The maximum Gasteiger partial charge on any atom is 0.130 e. The van der Waals surface area contributed by atoms with E-state index in [-0.39, 0.29) is 12.2 Å². The summed E-state index contributed by atoms with van der Waals surface area (Å²) in [5.74, 6) is 0.512.